The van der Waals surface area contributed by atoms with Crippen LogP contribution in [-0.2, 0) is 6.54 Å². The van der Waals surface area contributed by atoms with Crippen molar-refractivity contribution in [2.24, 2.45) is 0 Å². The quantitative estimate of drug-likeness (QED) is 0.920. The smallest absolute Gasteiger partial charge is 0.127 e. The Kier molecular flexibility index (Phi) is 4.71. The van der Waals surface area contributed by atoms with E-state index in [1.807, 2.05) is 12.1 Å². The van der Waals surface area contributed by atoms with E-state index >= 15 is 0 Å². The zero-order chi connectivity index (χ0) is 15.4. The first-order valence-corrected chi connectivity index (χ1v) is 8.12. The van der Waals surface area contributed by atoms with Gasteiger partial charge in [-0.1, -0.05) is 19.1 Å². The van der Waals surface area contributed by atoms with Crippen LogP contribution >= 0.6 is 0 Å². The first kappa shape index (κ1) is 15.0. The molecule has 0 aliphatic carbocycles. The summed E-state index contributed by atoms with van der Waals surface area (Å²) in [5, 5.41) is 12.4. The van der Waals surface area contributed by atoms with Crippen LogP contribution < -0.4 is 5.32 Å². The van der Waals surface area contributed by atoms with Crippen molar-refractivity contribution in [1.82, 2.24) is 19.8 Å². The minimum Gasteiger partial charge on any atom is -0.326 e. The summed E-state index contributed by atoms with van der Waals surface area (Å²) in [5.74, 6) is 1.11. The highest BCUT2D eigenvalue weighted by Crippen LogP contribution is 2.28. The number of hydrogen-bond acceptors (Lipinski definition) is 4. The third kappa shape index (κ3) is 2.85. The number of benzene rings is 1. The van der Waals surface area contributed by atoms with Crippen molar-refractivity contribution in [2.45, 2.75) is 32.4 Å². The number of imidazole rings is 1. The Morgan fingerprint density at radius 1 is 1.32 bits per heavy atom. The third-order valence-electron chi connectivity index (χ3n) is 4.41. The lowest BCUT2D eigenvalue weighted by atomic mass is 10.1. The molecule has 0 radical (unpaired) electrons. The summed E-state index contributed by atoms with van der Waals surface area (Å²) in [5.41, 5.74) is 2.17. The number of para-hydroxylation sites is 2. The van der Waals surface area contributed by atoms with E-state index < -0.39 is 0 Å². The fraction of sp³-hybridized carbons (Fsp3) is 0.529. The van der Waals surface area contributed by atoms with Crippen LogP contribution in [0.4, 0.5) is 0 Å². The molecule has 0 bridgehead atoms. The van der Waals surface area contributed by atoms with Crippen LogP contribution in [0.2, 0.25) is 0 Å². The van der Waals surface area contributed by atoms with Gasteiger partial charge in [0.25, 0.3) is 0 Å². The molecule has 1 atom stereocenters. The summed E-state index contributed by atoms with van der Waals surface area (Å²) in [4.78, 5) is 7.42. The van der Waals surface area contributed by atoms with Crippen LogP contribution in [0.15, 0.2) is 24.3 Å². The van der Waals surface area contributed by atoms with E-state index in [0.29, 0.717) is 12.5 Å². The summed E-state index contributed by atoms with van der Waals surface area (Å²) < 4.78 is 2.24. The molecule has 1 N–H and O–H groups in total. The van der Waals surface area contributed by atoms with Gasteiger partial charge < -0.3 is 9.88 Å². The van der Waals surface area contributed by atoms with Gasteiger partial charge in [0.15, 0.2) is 0 Å². The molecular weight excluding hydrogens is 274 g/mol. The Bertz CT molecular complexity index is 663. The largest absolute Gasteiger partial charge is 0.326 e. The predicted molar refractivity (Wildman–Crippen MR) is 87.4 cm³/mol. The molecule has 5 heteroatoms. The van der Waals surface area contributed by atoms with E-state index in [1.54, 1.807) is 0 Å². The van der Waals surface area contributed by atoms with Gasteiger partial charge in [-0.2, -0.15) is 5.26 Å². The van der Waals surface area contributed by atoms with E-state index in [2.05, 4.69) is 39.9 Å². The fourth-order valence-electron chi connectivity index (χ4n) is 3.34. The van der Waals surface area contributed by atoms with Gasteiger partial charge in [0, 0.05) is 32.7 Å². The van der Waals surface area contributed by atoms with Gasteiger partial charge in [-0.15, -0.1) is 0 Å². The second-order valence-electron chi connectivity index (χ2n) is 5.73. The van der Waals surface area contributed by atoms with Crippen LogP contribution in [0.3, 0.4) is 0 Å². The lowest BCUT2D eigenvalue weighted by molar-refractivity contribution is 0.160. The normalized spacial score (nSPS) is 17.5. The lowest BCUT2D eigenvalue weighted by Crippen LogP contribution is -2.45. The average Bonchev–Trinajstić information content (AvgIpc) is 2.93. The first-order valence-electron chi connectivity index (χ1n) is 8.12. The predicted octanol–water partition coefficient (Wildman–Crippen LogP) is 2.31. The summed E-state index contributed by atoms with van der Waals surface area (Å²) in [7, 11) is 0. The van der Waals surface area contributed by atoms with Gasteiger partial charge in [0.1, 0.15) is 5.82 Å². The number of rotatable bonds is 5. The molecule has 116 valence electrons. The number of aromatic nitrogens is 2. The Labute approximate surface area is 131 Å². The van der Waals surface area contributed by atoms with Gasteiger partial charge >= 0.3 is 0 Å². The molecule has 0 amide bonds. The topological polar surface area (TPSA) is 56.9 Å². The zero-order valence-corrected chi connectivity index (χ0v) is 13.1. The molecule has 2 heterocycles. The molecule has 5 nitrogen and oxygen atoms in total. The summed E-state index contributed by atoms with van der Waals surface area (Å²) in [6, 6.07) is 10.8. The molecule has 1 aliphatic heterocycles. The summed E-state index contributed by atoms with van der Waals surface area (Å²) in [6.45, 7) is 7.12. The Hall–Kier alpha value is -1.90. The average molecular weight is 297 g/mol. The van der Waals surface area contributed by atoms with Crippen molar-refractivity contribution in [3.05, 3.63) is 30.1 Å². The van der Waals surface area contributed by atoms with Crippen molar-refractivity contribution in [3.8, 4) is 6.07 Å². The number of hydrogen-bond donors (Lipinski definition) is 1. The fourth-order valence-corrected chi connectivity index (χ4v) is 3.34. The number of piperazine rings is 1. The van der Waals surface area contributed by atoms with Gasteiger partial charge in [-0.05, 0) is 18.6 Å². The number of aryl methyl sites for hydroxylation is 1. The first-order chi connectivity index (χ1) is 10.8. The highest BCUT2D eigenvalue weighted by atomic mass is 15.2. The number of fused-ring (bicyclic) bond motifs is 1. The minimum absolute atomic E-state index is 0.327. The van der Waals surface area contributed by atoms with E-state index in [4.69, 9.17) is 10.2 Å². The maximum Gasteiger partial charge on any atom is 0.127 e. The molecule has 22 heavy (non-hydrogen) atoms. The molecule has 1 aromatic carbocycles. The van der Waals surface area contributed by atoms with Crippen molar-refractivity contribution >= 4 is 11.0 Å². The second-order valence-corrected chi connectivity index (χ2v) is 5.73. The van der Waals surface area contributed by atoms with Crippen molar-refractivity contribution in [1.29, 1.82) is 5.26 Å². The molecule has 3 rings (SSSR count). The molecule has 1 unspecified atom stereocenters. The molecule has 1 fully saturated rings. The molecule has 1 aliphatic rings. The monoisotopic (exact) mass is 297 g/mol. The highest BCUT2D eigenvalue weighted by Gasteiger charge is 2.25. The van der Waals surface area contributed by atoms with Crippen LogP contribution in [0.5, 0.6) is 0 Å². The van der Waals surface area contributed by atoms with E-state index in [-0.39, 0.29) is 0 Å². The molecule has 1 aromatic heterocycles. The molecule has 1 saturated heterocycles. The summed E-state index contributed by atoms with van der Waals surface area (Å²) in [6.07, 6.45) is 1.56. The Morgan fingerprint density at radius 2 is 2.09 bits per heavy atom. The van der Waals surface area contributed by atoms with Crippen molar-refractivity contribution < 1.29 is 0 Å². The van der Waals surface area contributed by atoms with Crippen molar-refractivity contribution in [2.75, 3.05) is 26.2 Å². The highest BCUT2D eigenvalue weighted by molar-refractivity contribution is 5.76. The maximum absolute atomic E-state index is 8.97. The number of nitrogens with one attached hydrogen (secondary N) is 1. The van der Waals surface area contributed by atoms with E-state index in [1.165, 1.54) is 0 Å². The minimum atomic E-state index is 0.327. The SMILES string of the molecule is CCC(c1nc2ccccc2n1CCC#N)N1CCNCC1. The Balaban J connectivity index is 2.01. The van der Waals surface area contributed by atoms with Crippen molar-refractivity contribution in [3.63, 3.8) is 0 Å². The second kappa shape index (κ2) is 6.91. The van der Waals surface area contributed by atoms with Crippen LogP contribution in [0.1, 0.15) is 31.6 Å². The number of nitrogens with zero attached hydrogens (tertiary/aromatic N) is 4. The zero-order valence-electron chi connectivity index (χ0n) is 13.1. The maximum atomic E-state index is 8.97. The standard InChI is InChI=1S/C17H23N5/c1-2-15(21-12-9-19-10-13-21)17-20-14-6-3-4-7-16(14)22(17)11-5-8-18/h3-4,6-7,15,19H,2,5,9-13H2,1H3. The van der Waals surface area contributed by atoms with E-state index in [9.17, 15) is 0 Å². The molecule has 0 saturated carbocycles. The summed E-state index contributed by atoms with van der Waals surface area (Å²) >= 11 is 0. The van der Waals surface area contributed by atoms with Gasteiger partial charge in [-0.3, -0.25) is 4.90 Å². The van der Waals surface area contributed by atoms with Gasteiger partial charge in [0.2, 0.25) is 0 Å². The van der Waals surface area contributed by atoms with Crippen LogP contribution in [-0.4, -0.2) is 40.6 Å². The third-order valence-corrected chi connectivity index (χ3v) is 4.41. The lowest BCUT2D eigenvalue weighted by Gasteiger charge is -2.34. The van der Waals surface area contributed by atoms with Gasteiger partial charge in [-0.25, -0.2) is 4.98 Å². The molecule has 0 spiro atoms. The van der Waals surface area contributed by atoms with Gasteiger partial charge in [0.05, 0.1) is 29.6 Å². The molecular formula is C17H23N5. The molecule has 2 aromatic rings. The number of nitriles is 1. The van der Waals surface area contributed by atoms with Crippen LogP contribution in [0.25, 0.3) is 11.0 Å². The van der Waals surface area contributed by atoms with Crippen LogP contribution in [0, 0.1) is 11.3 Å². The van der Waals surface area contributed by atoms with E-state index in [0.717, 1.165) is 56.0 Å². The Morgan fingerprint density at radius 3 is 2.82 bits per heavy atom.